The highest BCUT2D eigenvalue weighted by atomic mass is 32.2. The summed E-state index contributed by atoms with van der Waals surface area (Å²) in [4.78, 5) is 11.3. The van der Waals surface area contributed by atoms with E-state index in [0.717, 1.165) is 18.2 Å². The van der Waals surface area contributed by atoms with E-state index < -0.39 is 31.5 Å². The van der Waals surface area contributed by atoms with Gasteiger partial charge in [-0.25, -0.2) is 12.8 Å². The third-order valence-electron chi connectivity index (χ3n) is 4.74. The second-order valence-corrected chi connectivity index (χ2v) is 10.7. The monoisotopic (exact) mass is 423 g/mol. The summed E-state index contributed by atoms with van der Waals surface area (Å²) in [5.41, 5.74) is -1.35. The summed E-state index contributed by atoms with van der Waals surface area (Å²) in [5.74, 6) is -0.190. The Labute approximate surface area is 162 Å². The molecule has 0 heterocycles. The molecule has 158 valence electrons. The lowest BCUT2D eigenvalue weighted by atomic mass is 9.90. The molecular weight excluding hydrogens is 398 g/mol. The SMILES string of the molecule is CC(C)(C)CC(=O)NC1CCC(F)(S(=O)(=O)c2cccc(C(F)(F)F)c2)CC1. The lowest BCUT2D eigenvalue weighted by molar-refractivity contribution is -0.137. The van der Waals surface area contributed by atoms with Gasteiger partial charge in [0.1, 0.15) is 0 Å². The molecular formula is C19H25F4NO3S. The molecule has 1 aromatic rings. The molecule has 0 radical (unpaired) electrons. The quantitative estimate of drug-likeness (QED) is 0.718. The van der Waals surface area contributed by atoms with E-state index in [1.807, 2.05) is 20.8 Å². The first kappa shape index (κ1) is 22.6. The number of amides is 1. The number of nitrogens with one attached hydrogen (secondary N) is 1. The maximum absolute atomic E-state index is 15.3. The Morgan fingerprint density at radius 1 is 1.18 bits per heavy atom. The molecule has 0 spiro atoms. The highest BCUT2D eigenvalue weighted by molar-refractivity contribution is 7.92. The summed E-state index contributed by atoms with van der Waals surface area (Å²) < 4.78 is 79.2. The van der Waals surface area contributed by atoms with E-state index in [1.54, 1.807) is 0 Å². The zero-order chi connectivity index (χ0) is 21.4. The average Bonchev–Trinajstić information content (AvgIpc) is 2.54. The molecule has 1 fully saturated rings. The summed E-state index contributed by atoms with van der Waals surface area (Å²) in [6, 6.07) is 2.79. The van der Waals surface area contributed by atoms with Crippen molar-refractivity contribution in [2.24, 2.45) is 5.41 Å². The van der Waals surface area contributed by atoms with Crippen LogP contribution in [0.1, 0.15) is 58.4 Å². The molecule has 0 aliphatic heterocycles. The fourth-order valence-corrected chi connectivity index (χ4v) is 5.01. The number of benzene rings is 1. The second-order valence-electron chi connectivity index (χ2n) is 8.49. The number of hydrogen-bond donors (Lipinski definition) is 1. The first-order chi connectivity index (χ1) is 12.6. The number of carbonyl (C=O) groups excluding carboxylic acids is 1. The number of hydrogen-bond acceptors (Lipinski definition) is 3. The van der Waals surface area contributed by atoms with Crippen molar-refractivity contribution < 1.29 is 30.8 Å². The molecule has 0 unspecified atom stereocenters. The molecule has 0 aromatic heterocycles. The number of carbonyl (C=O) groups is 1. The Kier molecular flexibility index (Phi) is 6.19. The van der Waals surface area contributed by atoms with Gasteiger partial charge in [-0.1, -0.05) is 26.8 Å². The molecule has 0 saturated heterocycles. The molecule has 1 amide bonds. The predicted molar refractivity (Wildman–Crippen MR) is 96.9 cm³/mol. The average molecular weight is 423 g/mol. The Morgan fingerprint density at radius 2 is 1.75 bits per heavy atom. The molecule has 1 aliphatic carbocycles. The van der Waals surface area contributed by atoms with E-state index in [9.17, 15) is 26.4 Å². The Bertz CT molecular complexity index is 820. The lowest BCUT2D eigenvalue weighted by Gasteiger charge is -2.34. The van der Waals surface area contributed by atoms with Crippen molar-refractivity contribution in [3.8, 4) is 0 Å². The predicted octanol–water partition coefficient (Wildman–Crippen LogP) is 4.64. The normalized spacial score (nSPS) is 24.0. The molecule has 0 bridgehead atoms. The van der Waals surface area contributed by atoms with Gasteiger partial charge in [0.05, 0.1) is 10.5 Å². The fraction of sp³-hybridized carbons (Fsp3) is 0.632. The largest absolute Gasteiger partial charge is 0.416 e. The lowest BCUT2D eigenvalue weighted by Crippen LogP contribution is -2.45. The van der Waals surface area contributed by atoms with E-state index in [-0.39, 0.29) is 49.5 Å². The van der Waals surface area contributed by atoms with Gasteiger partial charge < -0.3 is 5.32 Å². The summed E-state index contributed by atoms with van der Waals surface area (Å²) in [5, 5.41) is 0.134. The molecule has 2 rings (SSSR count). The molecule has 1 aromatic carbocycles. The topological polar surface area (TPSA) is 63.2 Å². The van der Waals surface area contributed by atoms with E-state index >= 15 is 4.39 Å². The smallest absolute Gasteiger partial charge is 0.353 e. The van der Waals surface area contributed by atoms with Crippen LogP contribution >= 0.6 is 0 Å². The minimum atomic E-state index is -4.72. The molecule has 4 nitrogen and oxygen atoms in total. The standard InChI is InChI=1S/C19H25F4NO3S/c1-17(2,3)12-16(25)24-14-7-9-18(20,10-8-14)28(26,27)15-6-4-5-13(11-15)19(21,22)23/h4-6,11,14H,7-10,12H2,1-3H3,(H,24,25). The van der Waals surface area contributed by atoms with Crippen LogP contribution in [0.3, 0.4) is 0 Å². The number of rotatable bonds is 4. The van der Waals surface area contributed by atoms with Gasteiger partial charge in [-0.05, 0) is 49.3 Å². The summed E-state index contributed by atoms with van der Waals surface area (Å²) in [6.07, 6.45) is -5.00. The zero-order valence-corrected chi connectivity index (χ0v) is 16.9. The maximum atomic E-state index is 15.3. The van der Waals surface area contributed by atoms with Crippen molar-refractivity contribution in [2.75, 3.05) is 0 Å². The first-order valence-electron chi connectivity index (χ1n) is 9.04. The summed E-state index contributed by atoms with van der Waals surface area (Å²) in [6.45, 7) is 5.71. The minimum Gasteiger partial charge on any atom is -0.353 e. The molecule has 9 heteroatoms. The van der Waals surface area contributed by atoms with Gasteiger partial charge in [0.25, 0.3) is 0 Å². The van der Waals surface area contributed by atoms with E-state index in [1.165, 1.54) is 0 Å². The Balaban J connectivity index is 2.11. The van der Waals surface area contributed by atoms with Crippen LogP contribution in [0.5, 0.6) is 0 Å². The van der Waals surface area contributed by atoms with Crippen molar-refractivity contribution in [3.05, 3.63) is 29.8 Å². The van der Waals surface area contributed by atoms with E-state index in [4.69, 9.17) is 0 Å². The van der Waals surface area contributed by atoms with E-state index in [0.29, 0.717) is 6.07 Å². The molecule has 28 heavy (non-hydrogen) atoms. The molecule has 0 atom stereocenters. The van der Waals surface area contributed by atoms with Crippen LogP contribution in [0.25, 0.3) is 0 Å². The van der Waals surface area contributed by atoms with Crippen molar-refractivity contribution in [1.82, 2.24) is 5.32 Å². The second kappa shape index (κ2) is 7.65. The number of alkyl halides is 4. The van der Waals surface area contributed by atoms with Gasteiger partial charge >= 0.3 is 6.18 Å². The molecule has 1 saturated carbocycles. The third-order valence-corrected chi connectivity index (χ3v) is 6.99. The van der Waals surface area contributed by atoms with Gasteiger partial charge in [0.15, 0.2) is 0 Å². The van der Waals surface area contributed by atoms with Crippen molar-refractivity contribution in [2.45, 2.75) is 75.0 Å². The molecule has 1 aliphatic rings. The first-order valence-corrected chi connectivity index (χ1v) is 10.5. The third kappa shape index (κ3) is 5.24. The van der Waals surface area contributed by atoms with Crippen LogP contribution in [0.4, 0.5) is 17.6 Å². The van der Waals surface area contributed by atoms with Gasteiger partial charge in [-0.3, -0.25) is 4.79 Å². The maximum Gasteiger partial charge on any atom is 0.416 e. The summed E-state index contributed by atoms with van der Waals surface area (Å²) in [7, 11) is -4.60. The van der Waals surface area contributed by atoms with Crippen LogP contribution in [-0.4, -0.2) is 25.4 Å². The van der Waals surface area contributed by atoms with Gasteiger partial charge in [0.2, 0.25) is 20.7 Å². The van der Waals surface area contributed by atoms with Gasteiger partial charge in [0, 0.05) is 12.5 Å². The van der Waals surface area contributed by atoms with Gasteiger partial charge in [-0.2, -0.15) is 13.2 Å². The van der Waals surface area contributed by atoms with Gasteiger partial charge in [-0.15, -0.1) is 0 Å². The Hall–Kier alpha value is -1.64. The van der Waals surface area contributed by atoms with Crippen molar-refractivity contribution in [3.63, 3.8) is 0 Å². The minimum absolute atomic E-state index is 0.102. The van der Waals surface area contributed by atoms with Crippen molar-refractivity contribution in [1.29, 1.82) is 0 Å². The van der Waals surface area contributed by atoms with Crippen LogP contribution < -0.4 is 5.32 Å². The van der Waals surface area contributed by atoms with Crippen molar-refractivity contribution >= 4 is 15.7 Å². The van der Waals surface area contributed by atoms with Crippen LogP contribution in [0, 0.1) is 5.41 Å². The number of sulfone groups is 1. The van der Waals surface area contributed by atoms with E-state index in [2.05, 4.69) is 5.32 Å². The fourth-order valence-electron chi connectivity index (χ4n) is 3.27. The van der Waals surface area contributed by atoms with Crippen LogP contribution in [0.2, 0.25) is 0 Å². The highest BCUT2D eigenvalue weighted by Gasteiger charge is 2.48. The Morgan fingerprint density at radius 3 is 2.25 bits per heavy atom. The van der Waals surface area contributed by atoms with Crippen LogP contribution in [-0.2, 0) is 20.8 Å². The highest BCUT2D eigenvalue weighted by Crippen LogP contribution is 2.41. The zero-order valence-electron chi connectivity index (χ0n) is 16.1. The molecule has 1 N–H and O–H groups in total. The van der Waals surface area contributed by atoms with Crippen LogP contribution in [0.15, 0.2) is 29.2 Å². The summed E-state index contributed by atoms with van der Waals surface area (Å²) >= 11 is 0. The number of halogens is 4.